The van der Waals surface area contributed by atoms with Gasteiger partial charge in [-0.15, -0.1) is 0 Å². The molecule has 1 atom stereocenters. The summed E-state index contributed by atoms with van der Waals surface area (Å²) in [7, 11) is -6.49. The third-order valence-electron chi connectivity index (χ3n) is 8.35. The van der Waals surface area contributed by atoms with E-state index in [4.69, 9.17) is 0 Å². The van der Waals surface area contributed by atoms with Gasteiger partial charge >= 0.3 is 0 Å². The SMILES string of the molecule is CS(=O)(=O)N1CCC(CCN2C(=O)c3cccc4c(CC(=O)C5CCCN(S(C)(=O)=O)C5)ccc2c34)CC1. The molecule has 2 fully saturated rings. The number of anilines is 1. The van der Waals surface area contributed by atoms with Crippen LogP contribution in [0.1, 0.15) is 48.0 Å². The zero-order valence-corrected chi connectivity index (χ0v) is 23.6. The Bertz CT molecular complexity index is 1480. The van der Waals surface area contributed by atoms with Crippen LogP contribution in [-0.2, 0) is 31.3 Å². The molecule has 38 heavy (non-hydrogen) atoms. The average Bonchev–Trinajstić information content (AvgIpc) is 3.15. The van der Waals surface area contributed by atoms with Crippen LogP contribution in [0.4, 0.5) is 5.69 Å². The van der Waals surface area contributed by atoms with E-state index in [-0.39, 0.29) is 30.6 Å². The van der Waals surface area contributed by atoms with Gasteiger partial charge in [-0.25, -0.2) is 25.4 Å². The van der Waals surface area contributed by atoms with Gasteiger partial charge < -0.3 is 4.90 Å². The number of nitrogens with zero attached hydrogens (tertiary/aromatic N) is 3. The van der Waals surface area contributed by atoms with Gasteiger partial charge in [0.1, 0.15) is 5.78 Å². The summed E-state index contributed by atoms with van der Waals surface area (Å²) < 4.78 is 50.5. The Labute approximate surface area is 224 Å². The molecule has 2 aromatic carbocycles. The Morgan fingerprint density at radius 2 is 1.63 bits per heavy atom. The number of hydrogen-bond donors (Lipinski definition) is 0. The Balaban J connectivity index is 1.30. The van der Waals surface area contributed by atoms with E-state index in [1.165, 1.54) is 21.1 Å². The van der Waals surface area contributed by atoms with Crippen LogP contribution in [0.5, 0.6) is 0 Å². The number of carbonyl (C=O) groups excluding carboxylic acids is 2. The number of carbonyl (C=O) groups is 2. The minimum Gasteiger partial charge on any atom is -0.308 e. The molecule has 3 aliphatic rings. The molecule has 3 aliphatic heterocycles. The van der Waals surface area contributed by atoms with Gasteiger partial charge in [-0.3, -0.25) is 9.59 Å². The second kappa shape index (κ2) is 10.3. The number of rotatable bonds is 8. The lowest BCUT2D eigenvalue weighted by Crippen LogP contribution is -2.42. The lowest BCUT2D eigenvalue weighted by molar-refractivity contribution is -0.123. The summed E-state index contributed by atoms with van der Waals surface area (Å²) in [6.45, 7) is 2.29. The normalized spacial score (nSPS) is 21.9. The summed E-state index contributed by atoms with van der Waals surface area (Å²) in [6.07, 6.45) is 6.37. The molecule has 0 bridgehead atoms. The fourth-order valence-electron chi connectivity index (χ4n) is 6.16. The first-order valence-corrected chi connectivity index (χ1v) is 16.9. The summed E-state index contributed by atoms with van der Waals surface area (Å²) in [5, 5.41) is 1.76. The number of ketones is 1. The van der Waals surface area contributed by atoms with Gasteiger partial charge in [0.15, 0.2) is 0 Å². The quantitative estimate of drug-likeness (QED) is 0.490. The van der Waals surface area contributed by atoms with Crippen LogP contribution in [0.25, 0.3) is 10.8 Å². The molecule has 9 nitrogen and oxygen atoms in total. The van der Waals surface area contributed by atoms with Crippen LogP contribution in [0, 0.1) is 11.8 Å². The highest BCUT2D eigenvalue weighted by Gasteiger charge is 2.33. The first-order valence-electron chi connectivity index (χ1n) is 13.2. The van der Waals surface area contributed by atoms with E-state index in [2.05, 4.69) is 0 Å². The summed E-state index contributed by atoms with van der Waals surface area (Å²) in [6, 6.07) is 9.48. The fourth-order valence-corrected chi connectivity index (χ4v) is 7.95. The lowest BCUT2D eigenvalue weighted by atomic mass is 9.89. The van der Waals surface area contributed by atoms with E-state index in [0.717, 1.165) is 41.3 Å². The lowest BCUT2D eigenvalue weighted by Gasteiger charge is -2.31. The molecular weight excluding hydrogens is 526 g/mol. The molecule has 3 heterocycles. The molecule has 0 aliphatic carbocycles. The van der Waals surface area contributed by atoms with Crippen LogP contribution in [0.3, 0.4) is 0 Å². The van der Waals surface area contributed by atoms with Crippen LogP contribution in [0.2, 0.25) is 0 Å². The largest absolute Gasteiger partial charge is 0.308 e. The van der Waals surface area contributed by atoms with Gasteiger partial charge in [0.2, 0.25) is 20.0 Å². The number of hydrogen-bond acceptors (Lipinski definition) is 6. The van der Waals surface area contributed by atoms with Crippen LogP contribution in [0.15, 0.2) is 30.3 Å². The highest BCUT2D eigenvalue weighted by atomic mass is 32.2. The topological polar surface area (TPSA) is 112 Å². The van der Waals surface area contributed by atoms with E-state index < -0.39 is 20.0 Å². The number of piperidine rings is 2. The zero-order chi connectivity index (χ0) is 27.2. The Morgan fingerprint density at radius 3 is 2.32 bits per heavy atom. The molecule has 1 unspecified atom stereocenters. The van der Waals surface area contributed by atoms with E-state index in [0.29, 0.717) is 50.5 Å². The summed E-state index contributed by atoms with van der Waals surface area (Å²) in [4.78, 5) is 28.4. The maximum Gasteiger partial charge on any atom is 0.258 e. The standard InChI is InChI=1S/C27H35N3O6S2/c1-37(33,34)28-14-10-19(11-15-28)12-16-30-24-9-8-20(22-6-3-7-23(26(22)24)27(30)32)17-25(31)21-5-4-13-29(18-21)38(2,35)36/h3,6-9,19,21H,4-5,10-18H2,1-2H3. The Kier molecular flexibility index (Phi) is 7.40. The zero-order valence-electron chi connectivity index (χ0n) is 21.9. The van der Waals surface area contributed by atoms with Crippen molar-refractivity contribution in [1.82, 2.24) is 8.61 Å². The Hall–Kier alpha value is -2.34. The molecule has 2 aromatic rings. The maximum absolute atomic E-state index is 13.4. The second-order valence-corrected chi connectivity index (χ2v) is 14.9. The summed E-state index contributed by atoms with van der Waals surface area (Å²) in [5.74, 6) is 0.0204. The summed E-state index contributed by atoms with van der Waals surface area (Å²) >= 11 is 0. The van der Waals surface area contributed by atoms with Crippen molar-refractivity contribution < 1.29 is 26.4 Å². The van der Waals surface area contributed by atoms with Gasteiger partial charge in [-0.2, -0.15) is 0 Å². The third kappa shape index (κ3) is 5.38. The first kappa shape index (κ1) is 27.2. The number of benzene rings is 2. The fraction of sp³-hybridized carbons (Fsp3) is 0.556. The van der Waals surface area contributed by atoms with E-state index in [9.17, 15) is 26.4 Å². The molecule has 1 amide bonds. The third-order valence-corrected chi connectivity index (χ3v) is 10.9. The van der Waals surface area contributed by atoms with Crippen molar-refractivity contribution in [2.45, 2.75) is 38.5 Å². The predicted molar refractivity (Wildman–Crippen MR) is 147 cm³/mol. The molecule has 0 saturated carbocycles. The highest BCUT2D eigenvalue weighted by Crippen LogP contribution is 2.40. The van der Waals surface area contributed by atoms with Crippen molar-refractivity contribution >= 4 is 48.2 Å². The highest BCUT2D eigenvalue weighted by molar-refractivity contribution is 7.88. The van der Waals surface area contributed by atoms with Gasteiger partial charge in [0.25, 0.3) is 5.91 Å². The second-order valence-electron chi connectivity index (χ2n) is 10.9. The molecule has 206 valence electrons. The van der Waals surface area contributed by atoms with Crippen molar-refractivity contribution in [3.05, 3.63) is 41.5 Å². The van der Waals surface area contributed by atoms with E-state index in [1.807, 2.05) is 35.2 Å². The minimum atomic E-state index is -3.33. The van der Waals surface area contributed by atoms with E-state index in [1.54, 1.807) is 0 Å². The monoisotopic (exact) mass is 561 g/mol. The van der Waals surface area contributed by atoms with Gasteiger partial charge in [-0.1, -0.05) is 18.2 Å². The summed E-state index contributed by atoms with van der Waals surface area (Å²) in [5.41, 5.74) is 2.35. The van der Waals surface area contributed by atoms with Crippen LogP contribution < -0.4 is 4.90 Å². The molecule has 0 N–H and O–H groups in total. The number of Topliss-reactive ketones (excluding diaryl/α,β-unsaturated/α-hetero) is 1. The molecule has 11 heteroatoms. The first-order chi connectivity index (χ1) is 17.9. The van der Waals surface area contributed by atoms with Crippen molar-refractivity contribution in [2.24, 2.45) is 11.8 Å². The van der Waals surface area contributed by atoms with Crippen LogP contribution in [-0.4, -0.2) is 82.4 Å². The molecule has 5 rings (SSSR count). The molecule has 0 aromatic heterocycles. The number of sulfonamides is 2. The van der Waals surface area contributed by atoms with Crippen molar-refractivity contribution in [3.63, 3.8) is 0 Å². The van der Waals surface area contributed by atoms with Crippen molar-refractivity contribution in [1.29, 1.82) is 0 Å². The van der Waals surface area contributed by atoms with Gasteiger partial charge in [0, 0.05) is 56.0 Å². The molecular formula is C27H35N3O6S2. The molecule has 0 radical (unpaired) electrons. The van der Waals surface area contributed by atoms with E-state index >= 15 is 0 Å². The predicted octanol–water partition coefficient (Wildman–Crippen LogP) is 2.64. The molecule has 2 saturated heterocycles. The van der Waals surface area contributed by atoms with Crippen LogP contribution >= 0.6 is 0 Å². The van der Waals surface area contributed by atoms with Gasteiger partial charge in [0.05, 0.1) is 18.2 Å². The smallest absolute Gasteiger partial charge is 0.258 e. The van der Waals surface area contributed by atoms with Crippen molar-refractivity contribution in [2.75, 3.05) is 50.1 Å². The minimum absolute atomic E-state index is 0.0284. The Morgan fingerprint density at radius 1 is 0.921 bits per heavy atom. The average molecular weight is 562 g/mol. The molecule has 0 spiro atoms. The number of amides is 1. The van der Waals surface area contributed by atoms with Gasteiger partial charge in [-0.05, 0) is 61.1 Å². The van der Waals surface area contributed by atoms with Crippen molar-refractivity contribution in [3.8, 4) is 0 Å². The maximum atomic E-state index is 13.4.